The molecule has 178 valence electrons. The van der Waals surface area contributed by atoms with Gasteiger partial charge in [0, 0.05) is 17.8 Å². The average molecular weight is 474 g/mol. The molecule has 1 aliphatic heterocycles. The van der Waals surface area contributed by atoms with Gasteiger partial charge in [-0.1, -0.05) is 6.07 Å². The Morgan fingerprint density at radius 2 is 1.94 bits per heavy atom. The molecule has 9 nitrogen and oxygen atoms in total. The second-order valence-corrected chi connectivity index (χ2v) is 11.1. The summed E-state index contributed by atoms with van der Waals surface area (Å²) in [6.07, 6.45) is 4.36. The number of aryl methyl sites for hydroxylation is 3. The molecule has 0 radical (unpaired) electrons. The van der Waals surface area contributed by atoms with Gasteiger partial charge in [-0.2, -0.15) is 0 Å². The standard InChI is InChI=1S/C23H31N5O4S/c1-13-8-14(2)19(33(30,31)27-16-6-7-20(32-12-16)23(4,5)29)9-17(13)18-10-25-22-21(24)26-15(3)11-28(18)22/h8-11,16,20,27,29H,6-7,12H2,1-5H3,(H2,24,26)/t16-,20+/m1/s1. The molecule has 1 aromatic carbocycles. The van der Waals surface area contributed by atoms with Gasteiger partial charge in [0.25, 0.3) is 0 Å². The summed E-state index contributed by atoms with van der Waals surface area (Å²) < 4.78 is 37.0. The Hall–Kier alpha value is -2.53. The summed E-state index contributed by atoms with van der Waals surface area (Å²) in [6, 6.07) is 3.19. The van der Waals surface area contributed by atoms with E-state index in [0.717, 1.165) is 22.5 Å². The van der Waals surface area contributed by atoms with E-state index in [2.05, 4.69) is 14.7 Å². The number of aliphatic hydroxyl groups is 1. The van der Waals surface area contributed by atoms with Gasteiger partial charge >= 0.3 is 0 Å². The van der Waals surface area contributed by atoms with E-state index < -0.39 is 15.6 Å². The number of rotatable bonds is 5. The summed E-state index contributed by atoms with van der Waals surface area (Å²) in [5, 5.41) is 10.1. The van der Waals surface area contributed by atoms with Crippen molar-refractivity contribution in [3.8, 4) is 11.3 Å². The van der Waals surface area contributed by atoms with Gasteiger partial charge in [0.15, 0.2) is 11.5 Å². The van der Waals surface area contributed by atoms with E-state index in [4.69, 9.17) is 10.5 Å². The van der Waals surface area contributed by atoms with E-state index in [1.807, 2.05) is 30.5 Å². The SMILES string of the molecule is Cc1cn2c(-c3cc(S(=O)(=O)N[C@@H]4CC[C@@H](C(C)(C)O)OC4)c(C)cc3C)cnc2c(N)n1. The first kappa shape index (κ1) is 23.6. The number of imidazole rings is 1. The van der Waals surface area contributed by atoms with E-state index in [-0.39, 0.29) is 23.6 Å². The number of sulfonamides is 1. The van der Waals surface area contributed by atoms with Gasteiger partial charge in [0.1, 0.15) is 0 Å². The van der Waals surface area contributed by atoms with Crippen molar-refractivity contribution in [2.24, 2.45) is 0 Å². The lowest BCUT2D eigenvalue weighted by molar-refractivity contribution is -0.113. The number of hydrogen-bond acceptors (Lipinski definition) is 7. The highest BCUT2D eigenvalue weighted by molar-refractivity contribution is 7.89. The Balaban J connectivity index is 1.67. The summed E-state index contributed by atoms with van der Waals surface area (Å²) in [6.45, 7) is 9.18. The molecule has 0 aliphatic carbocycles. The monoisotopic (exact) mass is 473 g/mol. The first-order chi connectivity index (χ1) is 15.4. The summed E-state index contributed by atoms with van der Waals surface area (Å²) in [7, 11) is -3.80. The molecule has 3 aromatic rings. The van der Waals surface area contributed by atoms with Crippen LogP contribution in [0.4, 0.5) is 5.82 Å². The lowest BCUT2D eigenvalue weighted by atomic mass is 9.93. The highest BCUT2D eigenvalue weighted by Gasteiger charge is 2.34. The first-order valence-corrected chi connectivity index (χ1v) is 12.4. The number of ether oxygens (including phenoxy) is 1. The van der Waals surface area contributed by atoms with Crippen molar-refractivity contribution in [3.63, 3.8) is 0 Å². The molecule has 2 aromatic heterocycles. The van der Waals surface area contributed by atoms with Crippen molar-refractivity contribution in [2.75, 3.05) is 12.3 Å². The Bertz CT molecular complexity index is 1300. The van der Waals surface area contributed by atoms with Gasteiger partial charge in [-0.15, -0.1) is 0 Å². The number of anilines is 1. The van der Waals surface area contributed by atoms with Crippen molar-refractivity contribution in [2.45, 2.75) is 70.1 Å². The van der Waals surface area contributed by atoms with Crippen LogP contribution in [0, 0.1) is 20.8 Å². The zero-order valence-electron chi connectivity index (χ0n) is 19.6. The average Bonchev–Trinajstić information content (AvgIpc) is 3.11. The van der Waals surface area contributed by atoms with Crippen molar-refractivity contribution in [1.29, 1.82) is 0 Å². The number of benzene rings is 1. The molecule has 33 heavy (non-hydrogen) atoms. The maximum absolute atomic E-state index is 13.3. The van der Waals surface area contributed by atoms with Crippen LogP contribution in [0.1, 0.15) is 43.5 Å². The zero-order chi connectivity index (χ0) is 24.1. The van der Waals surface area contributed by atoms with Gasteiger partial charge in [-0.05, 0) is 64.7 Å². The predicted octanol–water partition coefficient (Wildman–Crippen LogP) is 2.50. The van der Waals surface area contributed by atoms with E-state index in [9.17, 15) is 13.5 Å². The lowest BCUT2D eigenvalue weighted by Gasteiger charge is -2.36. The highest BCUT2D eigenvalue weighted by Crippen LogP contribution is 2.31. The summed E-state index contributed by atoms with van der Waals surface area (Å²) in [5.41, 5.74) is 9.40. The second-order valence-electron chi connectivity index (χ2n) is 9.41. The molecule has 10 heteroatoms. The molecule has 3 heterocycles. The number of fused-ring (bicyclic) bond motifs is 1. The fourth-order valence-electron chi connectivity index (χ4n) is 4.42. The minimum Gasteiger partial charge on any atom is -0.388 e. The minimum atomic E-state index is -3.80. The van der Waals surface area contributed by atoms with Crippen LogP contribution in [-0.4, -0.2) is 52.2 Å². The van der Waals surface area contributed by atoms with Gasteiger partial charge in [0.2, 0.25) is 10.0 Å². The fraction of sp³-hybridized carbons (Fsp3) is 0.478. The summed E-state index contributed by atoms with van der Waals surface area (Å²) in [4.78, 5) is 8.84. The fourth-order valence-corrected chi connectivity index (χ4v) is 5.93. The molecule has 0 amide bonds. The minimum absolute atomic E-state index is 0.210. The topological polar surface area (TPSA) is 132 Å². The maximum Gasteiger partial charge on any atom is 0.241 e. The Morgan fingerprint density at radius 3 is 2.58 bits per heavy atom. The third-order valence-electron chi connectivity index (χ3n) is 6.11. The Labute approximate surface area is 194 Å². The quantitative estimate of drug-likeness (QED) is 0.519. The van der Waals surface area contributed by atoms with Crippen molar-refractivity contribution in [3.05, 3.63) is 41.3 Å². The maximum atomic E-state index is 13.3. The highest BCUT2D eigenvalue weighted by atomic mass is 32.2. The van der Waals surface area contributed by atoms with Gasteiger partial charge in [0.05, 0.1) is 40.8 Å². The molecule has 1 aliphatic rings. The number of nitrogens with zero attached hydrogens (tertiary/aromatic N) is 3. The van der Waals surface area contributed by atoms with Crippen LogP contribution < -0.4 is 10.5 Å². The van der Waals surface area contributed by atoms with Crippen LogP contribution in [0.2, 0.25) is 0 Å². The van der Waals surface area contributed by atoms with Crippen LogP contribution in [0.25, 0.3) is 16.9 Å². The number of nitrogens with one attached hydrogen (secondary N) is 1. The first-order valence-electron chi connectivity index (χ1n) is 10.9. The lowest BCUT2D eigenvalue weighted by Crippen LogP contribution is -2.48. The molecule has 2 atom stereocenters. The largest absolute Gasteiger partial charge is 0.388 e. The Kier molecular flexibility index (Phi) is 5.98. The van der Waals surface area contributed by atoms with Gasteiger partial charge in [-0.25, -0.2) is 23.1 Å². The molecule has 0 spiro atoms. The van der Waals surface area contributed by atoms with Crippen molar-refractivity contribution < 1.29 is 18.3 Å². The normalized spacial score (nSPS) is 19.8. The van der Waals surface area contributed by atoms with Crippen molar-refractivity contribution in [1.82, 2.24) is 19.1 Å². The van der Waals surface area contributed by atoms with Crippen LogP contribution >= 0.6 is 0 Å². The molecule has 1 fully saturated rings. The smallest absolute Gasteiger partial charge is 0.241 e. The van der Waals surface area contributed by atoms with Crippen molar-refractivity contribution >= 4 is 21.5 Å². The van der Waals surface area contributed by atoms with Crippen LogP contribution in [0.5, 0.6) is 0 Å². The second kappa shape index (κ2) is 8.35. The molecule has 4 rings (SSSR count). The number of aromatic nitrogens is 3. The summed E-state index contributed by atoms with van der Waals surface area (Å²) >= 11 is 0. The molecule has 0 saturated carbocycles. The third kappa shape index (κ3) is 4.61. The van der Waals surface area contributed by atoms with E-state index >= 15 is 0 Å². The molecule has 1 saturated heterocycles. The van der Waals surface area contributed by atoms with E-state index in [1.165, 1.54) is 0 Å². The number of hydrogen-bond donors (Lipinski definition) is 3. The molecule has 4 N–H and O–H groups in total. The molecular weight excluding hydrogens is 442 g/mol. The third-order valence-corrected chi connectivity index (χ3v) is 7.77. The van der Waals surface area contributed by atoms with Crippen LogP contribution in [0.3, 0.4) is 0 Å². The predicted molar refractivity (Wildman–Crippen MR) is 126 cm³/mol. The summed E-state index contributed by atoms with van der Waals surface area (Å²) in [5.74, 6) is 0.321. The van der Waals surface area contributed by atoms with Gasteiger partial charge in [-0.3, -0.25) is 4.40 Å². The van der Waals surface area contributed by atoms with Gasteiger partial charge < -0.3 is 15.6 Å². The van der Waals surface area contributed by atoms with Crippen LogP contribution in [-0.2, 0) is 14.8 Å². The molecular formula is C23H31N5O4S. The number of nitrogen functional groups attached to an aromatic ring is 1. The molecule has 0 unspecified atom stereocenters. The Morgan fingerprint density at radius 1 is 1.21 bits per heavy atom. The zero-order valence-corrected chi connectivity index (χ0v) is 20.4. The molecule has 0 bridgehead atoms. The van der Waals surface area contributed by atoms with E-state index in [0.29, 0.717) is 29.9 Å². The van der Waals surface area contributed by atoms with E-state index in [1.54, 1.807) is 33.0 Å². The van der Waals surface area contributed by atoms with Crippen LogP contribution in [0.15, 0.2) is 29.4 Å². The number of nitrogens with two attached hydrogens (primary N) is 1.